The first kappa shape index (κ1) is 10.5. The summed E-state index contributed by atoms with van der Waals surface area (Å²) in [5.41, 5.74) is 0. The molecule has 0 radical (unpaired) electrons. The van der Waals surface area contributed by atoms with Crippen LogP contribution in [-0.4, -0.2) is 19.8 Å². The predicted octanol–water partition coefficient (Wildman–Crippen LogP) is -7.88. The van der Waals surface area contributed by atoms with Gasteiger partial charge in [-0.25, -0.2) is 0 Å². The van der Waals surface area contributed by atoms with Gasteiger partial charge in [0.05, 0.1) is 6.54 Å². The number of quaternary nitrogens is 1. The minimum Gasteiger partial charge on any atom is -1.00 e. The van der Waals surface area contributed by atoms with Crippen molar-refractivity contribution in [3.8, 4) is 0 Å². The zero-order valence-electron chi connectivity index (χ0n) is 3.95. The van der Waals surface area contributed by atoms with Gasteiger partial charge >= 0.3 is 0 Å². The molecule has 3 N–H and O–H groups in total. The molecular formula is C3H9Cl2N2-. The molecule has 1 aliphatic heterocycles. The molecule has 2 nitrogen and oxygen atoms in total. The van der Waals surface area contributed by atoms with E-state index in [1.807, 2.05) is 0 Å². The molecule has 0 unspecified atom stereocenters. The van der Waals surface area contributed by atoms with Gasteiger partial charge < -0.3 is 30.1 Å². The standard InChI is InChI=1S/C3H8N2.2ClH/c1-2-5-3-4-1;;/h4-5H,1-3H2;2*1H/p-1. The van der Waals surface area contributed by atoms with Crippen molar-refractivity contribution in [1.82, 2.24) is 5.32 Å². The highest BCUT2D eigenvalue weighted by molar-refractivity contribution is 4.37. The molecule has 0 aromatic heterocycles. The first-order valence-corrected chi connectivity index (χ1v) is 2.02. The number of hydrogen-bond acceptors (Lipinski definition) is 1. The minimum absolute atomic E-state index is 0. The average Bonchev–Trinajstić information content (AvgIpc) is 1.76. The molecule has 0 aromatic rings. The summed E-state index contributed by atoms with van der Waals surface area (Å²) in [4.78, 5) is 0. The fourth-order valence-corrected chi connectivity index (χ4v) is 0.510. The summed E-state index contributed by atoms with van der Waals surface area (Å²) in [6, 6.07) is 0. The Kier molecular flexibility index (Phi) is 9.73. The topological polar surface area (TPSA) is 28.6 Å². The van der Waals surface area contributed by atoms with E-state index in [1.54, 1.807) is 0 Å². The highest BCUT2D eigenvalue weighted by atomic mass is 35.5. The Morgan fingerprint density at radius 1 is 1.29 bits per heavy atom. The lowest BCUT2D eigenvalue weighted by molar-refractivity contribution is -0.636. The Morgan fingerprint density at radius 2 is 2.00 bits per heavy atom. The van der Waals surface area contributed by atoms with Crippen molar-refractivity contribution >= 4 is 0 Å². The Morgan fingerprint density at radius 3 is 2.14 bits per heavy atom. The van der Waals surface area contributed by atoms with Crippen LogP contribution in [0.5, 0.6) is 0 Å². The third-order valence-electron chi connectivity index (χ3n) is 0.814. The zero-order chi connectivity index (χ0) is 3.54. The summed E-state index contributed by atoms with van der Waals surface area (Å²) in [6.45, 7) is 3.58. The monoisotopic (exact) mass is 143 g/mol. The molecule has 46 valence electrons. The van der Waals surface area contributed by atoms with E-state index in [4.69, 9.17) is 0 Å². The van der Waals surface area contributed by atoms with Crippen LogP contribution < -0.4 is 35.4 Å². The molecule has 0 saturated carbocycles. The summed E-state index contributed by atoms with van der Waals surface area (Å²) < 4.78 is 0. The van der Waals surface area contributed by atoms with Crippen molar-refractivity contribution in [3.05, 3.63) is 0 Å². The van der Waals surface area contributed by atoms with Gasteiger partial charge in [0.15, 0.2) is 0 Å². The maximum Gasteiger partial charge on any atom is 0.129 e. The van der Waals surface area contributed by atoms with E-state index in [-0.39, 0.29) is 24.8 Å². The van der Waals surface area contributed by atoms with Gasteiger partial charge in [0.1, 0.15) is 6.67 Å². The van der Waals surface area contributed by atoms with Crippen molar-refractivity contribution in [2.45, 2.75) is 0 Å². The molecule has 1 fully saturated rings. The van der Waals surface area contributed by atoms with Gasteiger partial charge in [-0.3, -0.25) is 5.32 Å². The van der Waals surface area contributed by atoms with E-state index in [1.165, 1.54) is 13.1 Å². The minimum atomic E-state index is 0. The van der Waals surface area contributed by atoms with Crippen molar-refractivity contribution in [2.75, 3.05) is 19.8 Å². The summed E-state index contributed by atoms with van der Waals surface area (Å²) >= 11 is 0. The van der Waals surface area contributed by atoms with E-state index in [9.17, 15) is 0 Å². The number of halogens is 2. The molecule has 0 bridgehead atoms. The molecule has 1 aliphatic rings. The SMILES string of the molecule is C1C[NH2+]CN1.[Cl-].[Cl-]. The molecule has 1 saturated heterocycles. The fraction of sp³-hybridized carbons (Fsp3) is 1.00. The van der Waals surface area contributed by atoms with E-state index >= 15 is 0 Å². The predicted molar refractivity (Wildman–Crippen MR) is 19.7 cm³/mol. The van der Waals surface area contributed by atoms with Gasteiger partial charge in [0.2, 0.25) is 0 Å². The van der Waals surface area contributed by atoms with Crippen LogP contribution in [0.3, 0.4) is 0 Å². The van der Waals surface area contributed by atoms with E-state index in [0.717, 1.165) is 6.67 Å². The molecular weight excluding hydrogens is 135 g/mol. The van der Waals surface area contributed by atoms with Crippen LogP contribution in [0.15, 0.2) is 0 Å². The normalized spacial score (nSPS) is 17.1. The Hall–Kier alpha value is 0.500. The smallest absolute Gasteiger partial charge is 0.129 e. The second-order valence-corrected chi connectivity index (χ2v) is 1.28. The van der Waals surface area contributed by atoms with Crippen molar-refractivity contribution in [2.24, 2.45) is 0 Å². The maximum atomic E-state index is 3.17. The van der Waals surface area contributed by atoms with Crippen LogP contribution in [0.2, 0.25) is 0 Å². The Labute approximate surface area is 55.9 Å². The molecule has 1 rings (SSSR count). The molecule has 0 aromatic carbocycles. The summed E-state index contributed by atoms with van der Waals surface area (Å²) in [6.07, 6.45) is 0. The van der Waals surface area contributed by atoms with Crippen LogP contribution >= 0.6 is 0 Å². The Balaban J connectivity index is 0. The third-order valence-corrected chi connectivity index (χ3v) is 0.814. The first-order chi connectivity index (χ1) is 2.50. The van der Waals surface area contributed by atoms with Crippen LogP contribution in [-0.2, 0) is 0 Å². The van der Waals surface area contributed by atoms with Gasteiger partial charge in [-0.2, -0.15) is 0 Å². The summed E-state index contributed by atoms with van der Waals surface area (Å²) in [5, 5.41) is 5.42. The Bertz CT molecular complexity index is 22.5. The van der Waals surface area contributed by atoms with Gasteiger partial charge in [0.25, 0.3) is 0 Å². The summed E-state index contributed by atoms with van der Waals surface area (Å²) in [5.74, 6) is 0. The molecule has 4 heteroatoms. The van der Waals surface area contributed by atoms with Gasteiger partial charge in [-0.05, 0) is 0 Å². The van der Waals surface area contributed by atoms with Gasteiger partial charge in [0, 0.05) is 6.54 Å². The molecule has 0 atom stereocenters. The highest BCUT2D eigenvalue weighted by Gasteiger charge is 1.95. The lowest BCUT2D eigenvalue weighted by Crippen LogP contribution is -3.00. The number of hydrogen-bond donors (Lipinski definition) is 2. The van der Waals surface area contributed by atoms with Crippen molar-refractivity contribution in [1.29, 1.82) is 0 Å². The van der Waals surface area contributed by atoms with E-state index < -0.39 is 0 Å². The van der Waals surface area contributed by atoms with Crippen molar-refractivity contribution in [3.63, 3.8) is 0 Å². The van der Waals surface area contributed by atoms with E-state index in [0.29, 0.717) is 0 Å². The quantitative estimate of drug-likeness (QED) is 0.347. The molecule has 0 amide bonds. The number of nitrogens with one attached hydrogen (secondary N) is 1. The second kappa shape index (κ2) is 6.50. The molecule has 7 heavy (non-hydrogen) atoms. The zero-order valence-corrected chi connectivity index (χ0v) is 5.47. The third kappa shape index (κ3) is 4.35. The van der Waals surface area contributed by atoms with Crippen LogP contribution in [0.4, 0.5) is 0 Å². The molecule has 0 spiro atoms. The average molecular weight is 144 g/mol. The fourth-order valence-electron chi connectivity index (χ4n) is 0.510. The molecule has 0 aliphatic carbocycles. The largest absolute Gasteiger partial charge is 1.00 e. The second-order valence-electron chi connectivity index (χ2n) is 1.28. The number of rotatable bonds is 0. The highest BCUT2D eigenvalue weighted by Crippen LogP contribution is 1.48. The lowest BCUT2D eigenvalue weighted by Gasteiger charge is -1.73. The van der Waals surface area contributed by atoms with Crippen molar-refractivity contribution < 1.29 is 30.1 Å². The first-order valence-electron chi connectivity index (χ1n) is 2.02. The molecule has 1 heterocycles. The van der Waals surface area contributed by atoms with Gasteiger partial charge in [-0.15, -0.1) is 0 Å². The van der Waals surface area contributed by atoms with Crippen LogP contribution in [0.1, 0.15) is 0 Å². The summed E-state index contributed by atoms with van der Waals surface area (Å²) in [7, 11) is 0. The number of nitrogens with two attached hydrogens (primary N) is 1. The maximum absolute atomic E-state index is 3.17. The van der Waals surface area contributed by atoms with E-state index in [2.05, 4.69) is 10.6 Å². The van der Waals surface area contributed by atoms with Crippen LogP contribution in [0, 0.1) is 0 Å². The van der Waals surface area contributed by atoms with Gasteiger partial charge in [-0.1, -0.05) is 0 Å². The van der Waals surface area contributed by atoms with Crippen LogP contribution in [0.25, 0.3) is 0 Å². The lowest BCUT2D eigenvalue weighted by atomic mass is 10.7.